The predicted octanol–water partition coefficient (Wildman–Crippen LogP) is 2.66. The van der Waals surface area contributed by atoms with Crippen LogP contribution in [0.3, 0.4) is 0 Å². The highest BCUT2D eigenvalue weighted by molar-refractivity contribution is 5.93. The van der Waals surface area contributed by atoms with E-state index in [9.17, 15) is 4.79 Å². The standard InChI is InChI=1S/C16H26N2O3/c1-20-12-6-4-2-3-5-7-13-21-15-10-8-14(9-11-15)16(19)18-17/h8-11H,2-7,12-13,17H2,1H3,(H,18,19). The fraction of sp³-hybridized carbons (Fsp3) is 0.562. The van der Waals surface area contributed by atoms with Crippen LogP contribution in [0.4, 0.5) is 0 Å². The Balaban J connectivity index is 2.06. The van der Waals surface area contributed by atoms with Gasteiger partial charge in [-0.3, -0.25) is 10.2 Å². The SMILES string of the molecule is COCCCCCCCCOc1ccc(C(=O)NN)cc1. The molecule has 0 aliphatic heterocycles. The summed E-state index contributed by atoms with van der Waals surface area (Å²) in [5, 5.41) is 0. The zero-order valence-electron chi connectivity index (χ0n) is 12.8. The summed E-state index contributed by atoms with van der Waals surface area (Å²) in [7, 11) is 1.74. The first kappa shape index (κ1) is 17.5. The third kappa shape index (κ3) is 7.68. The number of hydrogen-bond acceptors (Lipinski definition) is 4. The van der Waals surface area contributed by atoms with Crippen LogP contribution in [0, 0.1) is 0 Å². The average molecular weight is 294 g/mol. The Bertz CT molecular complexity index is 393. The number of nitrogens with two attached hydrogens (primary N) is 1. The van der Waals surface area contributed by atoms with Crippen LogP contribution in [-0.2, 0) is 4.74 Å². The monoisotopic (exact) mass is 294 g/mol. The molecule has 0 aromatic heterocycles. The number of carbonyl (C=O) groups is 1. The fourth-order valence-corrected chi connectivity index (χ4v) is 2.03. The molecule has 0 atom stereocenters. The maximum Gasteiger partial charge on any atom is 0.265 e. The molecule has 0 saturated carbocycles. The first-order chi connectivity index (χ1) is 10.3. The number of amides is 1. The Kier molecular flexibility index (Phi) is 9.24. The number of hydrazine groups is 1. The molecule has 5 heteroatoms. The van der Waals surface area contributed by atoms with Crippen molar-refractivity contribution < 1.29 is 14.3 Å². The molecule has 0 unspecified atom stereocenters. The molecular formula is C16H26N2O3. The lowest BCUT2D eigenvalue weighted by molar-refractivity contribution is 0.0953. The fourth-order valence-electron chi connectivity index (χ4n) is 2.03. The molecule has 0 saturated heterocycles. The van der Waals surface area contributed by atoms with E-state index in [0.717, 1.165) is 25.2 Å². The number of hydrogen-bond donors (Lipinski definition) is 2. The highest BCUT2D eigenvalue weighted by atomic mass is 16.5. The summed E-state index contributed by atoms with van der Waals surface area (Å²) in [6.07, 6.45) is 7.11. The van der Waals surface area contributed by atoms with E-state index in [1.807, 2.05) is 0 Å². The van der Waals surface area contributed by atoms with E-state index < -0.39 is 0 Å². The second-order valence-electron chi connectivity index (χ2n) is 4.96. The van der Waals surface area contributed by atoms with Gasteiger partial charge in [0.25, 0.3) is 5.91 Å². The number of carbonyl (C=O) groups excluding carboxylic acids is 1. The minimum Gasteiger partial charge on any atom is -0.494 e. The van der Waals surface area contributed by atoms with Crippen molar-refractivity contribution in [2.45, 2.75) is 38.5 Å². The van der Waals surface area contributed by atoms with Crippen LogP contribution in [0.5, 0.6) is 5.75 Å². The predicted molar refractivity (Wildman–Crippen MR) is 83.2 cm³/mol. The van der Waals surface area contributed by atoms with Crippen LogP contribution >= 0.6 is 0 Å². The summed E-state index contributed by atoms with van der Waals surface area (Å²) >= 11 is 0. The van der Waals surface area contributed by atoms with E-state index in [0.29, 0.717) is 12.2 Å². The molecule has 1 amide bonds. The van der Waals surface area contributed by atoms with Gasteiger partial charge in [0, 0.05) is 19.3 Å². The number of ether oxygens (including phenoxy) is 2. The van der Waals surface area contributed by atoms with Crippen LogP contribution in [0.2, 0.25) is 0 Å². The van der Waals surface area contributed by atoms with Gasteiger partial charge in [-0.25, -0.2) is 5.84 Å². The third-order valence-electron chi connectivity index (χ3n) is 3.26. The quantitative estimate of drug-likeness (QED) is 0.285. The van der Waals surface area contributed by atoms with Gasteiger partial charge in [0.2, 0.25) is 0 Å². The van der Waals surface area contributed by atoms with E-state index >= 15 is 0 Å². The minimum absolute atomic E-state index is 0.296. The molecule has 3 N–H and O–H groups in total. The van der Waals surface area contributed by atoms with Crippen LogP contribution in [0.25, 0.3) is 0 Å². The maximum atomic E-state index is 11.3. The normalized spacial score (nSPS) is 10.4. The third-order valence-corrected chi connectivity index (χ3v) is 3.26. The van der Waals surface area contributed by atoms with Gasteiger partial charge in [0.05, 0.1) is 6.61 Å². The molecule has 0 spiro atoms. The number of rotatable bonds is 11. The Morgan fingerprint density at radius 2 is 1.57 bits per heavy atom. The second kappa shape index (κ2) is 11.1. The molecule has 0 bridgehead atoms. The molecule has 1 aromatic carbocycles. The first-order valence-electron chi connectivity index (χ1n) is 7.50. The van der Waals surface area contributed by atoms with Crippen LogP contribution < -0.4 is 16.0 Å². The van der Waals surface area contributed by atoms with Crippen molar-refractivity contribution in [3.05, 3.63) is 29.8 Å². The number of methoxy groups -OCH3 is 1. The van der Waals surface area contributed by atoms with Crippen LogP contribution in [0.15, 0.2) is 24.3 Å². The van der Waals surface area contributed by atoms with Gasteiger partial charge in [-0.1, -0.05) is 25.7 Å². The van der Waals surface area contributed by atoms with Crippen molar-refractivity contribution in [2.24, 2.45) is 5.84 Å². The largest absolute Gasteiger partial charge is 0.494 e. The molecule has 0 fully saturated rings. The van der Waals surface area contributed by atoms with Gasteiger partial charge in [0.15, 0.2) is 0 Å². The molecule has 0 radical (unpaired) electrons. The summed E-state index contributed by atoms with van der Waals surface area (Å²) in [6.45, 7) is 1.57. The molecule has 1 aromatic rings. The Morgan fingerprint density at radius 1 is 1.00 bits per heavy atom. The van der Waals surface area contributed by atoms with Crippen molar-refractivity contribution >= 4 is 5.91 Å². The molecule has 118 valence electrons. The van der Waals surface area contributed by atoms with Crippen LogP contribution in [0.1, 0.15) is 48.9 Å². The topological polar surface area (TPSA) is 73.6 Å². The number of nitrogens with one attached hydrogen (secondary N) is 1. The van der Waals surface area contributed by atoms with Gasteiger partial charge >= 0.3 is 0 Å². The molecule has 1 rings (SSSR count). The molecule has 5 nitrogen and oxygen atoms in total. The zero-order valence-corrected chi connectivity index (χ0v) is 12.8. The van der Waals surface area contributed by atoms with Gasteiger partial charge in [-0.05, 0) is 37.1 Å². The lowest BCUT2D eigenvalue weighted by Crippen LogP contribution is -2.29. The van der Waals surface area contributed by atoms with Crippen molar-refractivity contribution in [3.8, 4) is 5.75 Å². The van der Waals surface area contributed by atoms with E-state index in [1.165, 1.54) is 25.7 Å². The Labute approximate surface area is 126 Å². The summed E-state index contributed by atoms with van der Waals surface area (Å²) < 4.78 is 10.7. The molecule has 0 aliphatic carbocycles. The van der Waals surface area contributed by atoms with E-state index in [2.05, 4.69) is 5.43 Å². The van der Waals surface area contributed by atoms with Crippen molar-refractivity contribution in [1.29, 1.82) is 0 Å². The molecular weight excluding hydrogens is 268 g/mol. The Morgan fingerprint density at radius 3 is 2.14 bits per heavy atom. The van der Waals surface area contributed by atoms with E-state index in [-0.39, 0.29) is 5.91 Å². The molecule has 0 aliphatic rings. The summed E-state index contributed by atoms with van der Waals surface area (Å²) in [5.41, 5.74) is 2.63. The summed E-state index contributed by atoms with van der Waals surface area (Å²) in [4.78, 5) is 11.3. The maximum absolute atomic E-state index is 11.3. The zero-order chi connectivity index (χ0) is 15.3. The summed E-state index contributed by atoms with van der Waals surface area (Å²) in [5.74, 6) is 5.55. The molecule has 0 heterocycles. The average Bonchev–Trinajstić information content (AvgIpc) is 2.53. The lowest BCUT2D eigenvalue weighted by Gasteiger charge is -2.07. The smallest absolute Gasteiger partial charge is 0.265 e. The van der Waals surface area contributed by atoms with Crippen molar-refractivity contribution in [2.75, 3.05) is 20.3 Å². The second-order valence-corrected chi connectivity index (χ2v) is 4.96. The highest BCUT2D eigenvalue weighted by Gasteiger charge is 2.02. The number of unbranched alkanes of at least 4 members (excludes halogenated alkanes) is 5. The highest BCUT2D eigenvalue weighted by Crippen LogP contribution is 2.13. The van der Waals surface area contributed by atoms with Crippen molar-refractivity contribution in [3.63, 3.8) is 0 Å². The lowest BCUT2D eigenvalue weighted by atomic mass is 10.1. The van der Waals surface area contributed by atoms with Gasteiger partial charge in [0.1, 0.15) is 5.75 Å². The van der Waals surface area contributed by atoms with Gasteiger partial charge in [-0.15, -0.1) is 0 Å². The van der Waals surface area contributed by atoms with E-state index in [1.54, 1.807) is 31.4 Å². The minimum atomic E-state index is -0.296. The van der Waals surface area contributed by atoms with Gasteiger partial charge in [-0.2, -0.15) is 0 Å². The van der Waals surface area contributed by atoms with E-state index in [4.69, 9.17) is 15.3 Å². The van der Waals surface area contributed by atoms with Crippen molar-refractivity contribution in [1.82, 2.24) is 5.43 Å². The first-order valence-corrected chi connectivity index (χ1v) is 7.50. The summed E-state index contributed by atoms with van der Waals surface area (Å²) in [6, 6.07) is 6.98. The number of benzene rings is 1. The molecule has 21 heavy (non-hydrogen) atoms. The van der Waals surface area contributed by atoms with Crippen LogP contribution in [-0.4, -0.2) is 26.2 Å². The number of nitrogen functional groups attached to an aromatic ring is 1. The Hall–Kier alpha value is -1.59. The van der Waals surface area contributed by atoms with Gasteiger partial charge < -0.3 is 9.47 Å².